The van der Waals surface area contributed by atoms with Crippen molar-refractivity contribution < 1.29 is 4.79 Å². The van der Waals surface area contributed by atoms with Crippen molar-refractivity contribution in [1.29, 1.82) is 0 Å². The number of benzene rings is 1. The fourth-order valence-electron chi connectivity index (χ4n) is 1.52. The Hall–Kier alpha value is -1.52. The van der Waals surface area contributed by atoms with Crippen LogP contribution >= 0.6 is 23.2 Å². The zero-order valence-electron chi connectivity index (χ0n) is 9.65. The van der Waals surface area contributed by atoms with Crippen molar-refractivity contribution in [1.82, 2.24) is 9.78 Å². The normalized spacial score (nSPS) is 10.4. The summed E-state index contributed by atoms with van der Waals surface area (Å²) in [6, 6.07) is 7.05. The van der Waals surface area contributed by atoms with Crippen molar-refractivity contribution in [3.8, 4) is 0 Å². The molecule has 1 N–H and O–H groups in total. The molecule has 0 bridgehead atoms. The molecule has 1 amide bonds. The van der Waals surface area contributed by atoms with Crippen LogP contribution in [0.15, 0.2) is 30.5 Å². The summed E-state index contributed by atoms with van der Waals surface area (Å²) in [6.45, 7) is 1.96. The number of aromatic nitrogens is 2. The van der Waals surface area contributed by atoms with E-state index >= 15 is 0 Å². The standard InChI is InChI=1S/C12H11Cl2N3O/c1-8(18)15-12-4-5-17(16-12)7-9-2-3-10(13)6-11(9)14/h2-6H,7H2,1H3,(H,15,16,18). The van der Waals surface area contributed by atoms with Crippen LogP contribution in [0.2, 0.25) is 10.0 Å². The van der Waals surface area contributed by atoms with Crippen molar-refractivity contribution >= 4 is 34.9 Å². The second-order valence-corrected chi connectivity index (χ2v) is 4.66. The third-order valence-corrected chi connectivity index (χ3v) is 2.88. The van der Waals surface area contributed by atoms with Crippen molar-refractivity contribution in [3.63, 3.8) is 0 Å². The highest BCUT2D eigenvalue weighted by Crippen LogP contribution is 2.21. The second kappa shape index (κ2) is 5.42. The Morgan fingerprint density at radius 3 is 2.83 bits per heavy atom. The average molecular weight is 284 g/mol. The highest BCUT2D eigenvalue weighted by atomic mass is 35.5. The number of rotatable bonds is 3. The summed E-state index contributed by atoms with van der Waals surface area (Å²) in [7, 11) is 0. The van der Waals surface area contributed by atoms with E-state index in [-0.39, 0.29) is 5.91 Å². The predicted octanol–water partition coefficient (Wildman–Crippen LogP) is 3.20. The lowest BCUT2D eigenvalue weighted by Crippen LogP contribution is -2.07. The summed E-state index contributed by atoms with van der Waals surface area (Å²) in [5, 5.41) is 8.01. The van der Waals surface area contributed by atoms with Crippen LogP contribution in [0.3, 0.4) is 0 Å². The number of amides is 1. The van der Waals surface area contributed by atoms with Gasteiger partial charge in [0.25, 0.3) is 0 Å². The number of anilines is 1. The Labute approximate surface area is 115 Å². The van der Waals surface area contributed by atoms with Gasteiger partial charge in [-0.2, -0.15) is 5.10 Å². The fourth-order valence-corrected chi connectivity index (χ4v) is 1.99. The molecule has 0 radical (unpaired) electrons. The molecule has 0 fully saturated rings. The number of nitrogens with zero attached hydrogens (tertiary/aromatic N) is 2. The van der Waals surface area contributed by atoms with Gasteiger partial charge < -0.3 is 5.32 Å². The zero-order chi connectivity index (χ0) is 13.1. The Balaban J connectivity index is 2.13. The van der Waals surface area contributed by atoms with E-state index in [1.807, 2.05) is 6.07 Å². The van der Waals surface area contributed by atoms with E-state index in [4.69, 9.17) is 23.2 Å². The molecule has 0 unspecified atom stereocenters. The topological polar surface area (TPSA) is 46.9 Å². The molecule has 0 atom stereocenters. The molecule has 0 aliphatic carbocycles. The summed E-state index contributed by atoms with van der Waals surface area (Å²) >= 11 is 11.9. The first-order chi connectivity index (χ1) is 8.54. The van der Waals surface area contributed by atoms with Crippen LogP contribution in [-0.4, -0.2) is 15.7 Å². The summed E-state index contributed by atoms with van der Waals surface area (Å²) in [4.78, 5) is 10.9. The highest BCUT2D eigenvalue weighted by molar-refractivity contribution is 6.35. The minimum Gasteiger partial charge on any atom is -0.309 e. The van der Waals surface area contributed by atoms with Gasteiger partial charge in [0, 0.05) is 29.2 Å². The van der Waals surface area contributed by atoms with Gasteiger partial charge in [-0.15, -0.1) is 0 Å². The lowest BCUT2D eigenvalue weighted by molar-refractivity contribution is -0.114. The quantitative estimate of drug-likeness (QED) is 0.940. The van der Waals surface area contributed by atoms with Gasteiger partial charge >= 0.3 is 0 Å². The van der Waals surface area contributed by atoms with Crippen LogP contribution in [0, 0.1) is 0 Å². The average Bonchev–Trinajstić information content (AvgIpc) is 2.69. The van der Waals surface area contributed by atoms with Crippen molar-refractivity contribution in [2.75, 3.05) is 5.32 Å². The molecule has 0 aliphatic heterocycles. The van der Waals surface area contributed by atoms with Gasteiger partial charge in [-0.25, -0.2) is 0 Å². The maximum atomic E-state index is 10.9. The largest absolute Gasteiger partial charge is 0.309 e. The molecule has 0 spiro atoms. The van der Waals surface area contributed by atoms with Gasteiger partial charge in [-0.05, 0) is 17.7 Å². The third-order valence-electron chi connectivity index (χ3n) is 2.29. The van der Waals surface area contributed by atoms with E-state index in [1.54, 1.807) is 29.1 Å². The Bertz CT molecular complexity index is 580. The minimum absolute atomic E-state index is 0.148. The van der Waals surface area contributed by atoms with Gasteiger partial charge in [0.1, 0.15) is 0 Å². The number of nitrogens with one attached hydrogen (secondary N) is 1. The molecule has 1 aromatic carbocycles. The number of halogens is 2. The number of hydrogen-bond donors (Lipinski definition) is 1. The fraction of sp³-hybridized carbons (Fsp3) is 0.167. The van der Waals surface area contributed by atoms with Crippen LogP contribution < -0.4 is 5.32 Å². The molecule has 1 aromatic heterocycles. The molecule has 0 aliphatic rings. The smallest absolute Gasteiger partial charge is 0.222 e. The van der Waals surface area contributed by atoms with Crippen LogP contribution in [0.4, 0.5) is 5.82 Å². The molecule has 2 rings (SSSR count). The first-order valence-corrected chi connectivity index (χ1v) is 6.05. The summed E-state index contributed by atoms with van der Waals surface area (Å²) in [5.41, 5.74) is 0.915. The van der Waals surface area contributed by atoms with Crippen LogP contribution in [0.1, 0.15) is 12.5 Å². The SMILES string of the molecule is CC(=O)Nc1ccn(Cc2ccc(Cl)cc2Cl)n1. The van der Waals surface area contributed by atoms with Gasteiger partial charge in [0.2, 0.25) is 5.91 Å². The number of carbonyl (C=O) groups excluding carboxylic acids is 1. The van der Waals surface area contributed by atoms with Crippen molar-refractivity contribution in [2.24, 2.45) is 0 Å². The first-order valence-electron chi connectivity index (χ1n) is 5.29. The summed E-state index contributed by atoms with van der Waals surface area (Å²) in [6.07, 6.45) is 1.77. The molecule has 6 heteroatoms. The zero-order valence-corrected chi connectivity index (χ0v) is 11.2. The Morgan fingerprint density at radius 2 is 2.17 bits per heavy atom. The monoisotopic (exact) mass is 283 g/mol. The molecular formula is C12H11Cl2N3O. The van der Waals surface area contributed by atoms with E-state index in [0.29, 0.717) is 22.4 Å². The van der Waals surface area contributed by atoms with Crippen molar-refractivity contribution in [3.05, 3.63) is 46.1 Å². The molecule has 4 nitrogen and oxygen atoms in total. The summed E-state index contributed by atoms with van der Waals surface area (Å²) < 4.78 is 1.69. The number of hydrogen-bond acceptors (Lipinski definition) is 2. The van der Waals surface area contributed by atoms with Gasteiger partial charge in [-0.1, -0.05) is 29.3 Å². The molecular weight excluding hydrogens is 273 g/mol. The molecule has 94 valence electrons. The van der Waals surface area contributed by atoms with Crippen LogP contribution in [0.25, 0.3) is 0 Å². The molecule has 2 aromatic rings. The Kier molecular flexibility index (Phi) is 3.89. The first kappa shape index (κ1) is 12.9. The Morgan fingerprint density at radius 1 is 1.39 bits per heavy atom. The lowest BCUT2D eigenvalue weighted by atomic mass is 10.2. The van der Waals surface area contributed by atoms with E-state index in [9.17, 15) is 4.79 Å². The highest BCUT2D eigenvalue weighted by Gasteiger charge is 2.04. The lowest BCUT2D eigenvalue weighted by Gasteiger charge is -2.05. The van der Waals surface area contributed by atoms with E-state index in [0.717, 1.165) is 5.56 Å². The van der Waals surface area contributed by atoms with Crippen LogP contribution in [-0.2, 0) is 11.3 Å². The van der Waals surface area contributed by atoms with Gasteiger partial charge in [0.15, 0.2) is 5.82 Å². The van der Waals surface area contributed by atoms with Crippen LogP contribution in [0.5, 0.6) is 0 Å². The third kappa shape index (κ3) is 3.24. The summed E-state index contributed by atoms with van der Waals surface area (Å²) in [5.74, 6) is 0.373. The van der Waals surface area contributed by atoms with E-state index in [1.165, 1.54) is 6.92 Å². The van der Waals surface area contributed by atoms with Crippen molar-refractivity contribution in [2.45, 2.75) is 13.5 Å². The van der Waals surface area contributed by atoms with E-state index in [2.05, 4.69) is 10.4 Å². The molecule has 0 saturated heterocycles. The minimum atomic E-state index is -0.148. The maximum Gasteiger partial charge on any atom is 0.222 e. The second-order valence-electron chi connectivity index (χ2n) is 3.82. The predicted molar refractivity (Wildman–Crippen MR) is 72.1 cm³/mol. The van der Waals surface area contributed by atoms with Gasteiger partial charge in [-0.3, -0.25) is 9.48 Å². The van der Waals surface area contributed by atoms with E-state index < -0.39 is 0 Å². The number of carbonyl (C=O) groups is 1. The molecule has 0 saturated carbocycles. The van der Waals surface area contributed by atoms with Gasteiger partial charge in [0.05, 0.1) is 6.54 Å². The maximum absolute atomic E-state index is 10.9. The molecule has 18 heavy (non-hydrogen) atoms. The molecule has 1 heterocycles.